The van der Waals surface area contributed by atoms with Crippen molar-refractivity contribution in [3.63, 3.8) is 0 Å². The van der Waals surface area contributed by atoms with Gasteiger partial charge in [-0.05, 0) is 0 Å². The molecule has 70 valence electrons. The molecule has 0 aromatic rings. The molecule has 0 aromatic heterocycles. The van der Waals surface area contributed by atoms with E-state index in [1.165, 1.54) is 12.8 Å². The van der Waals surface area contributed by atoms with Gasteiger partial charge in [0.05, 0.1) is 0 Å². The van der Waals surface area contributed by atoms with Crippen LogP contribution in [0, 0.1) is 0 Å². The van der Waals surface area contributed by atoms with Crippen molar-refractivity contribution in [2.45, 2.75) is 40.3 Å². The Bertz CT molecular complexity index is 239. The molecular weight excluding hydrogens is 313 g/mol. The van der Waals surface area contributed by atoms with E-state index in [1.54, 1.807) is 5.57 Å². The molecule has 1 aliphatic rings. The zero-order chi connectivity index (χ0) is 9.43. The molecule has 0 spiro atoms. The molecule has 0 saturated heterocycles. The zero-order valence-electron chi connectivity index (χ0n) is 9.02. The monoisotopic (exact) mass is 334 g/mol. The van der Waals surface area contributed by atoms with E-state index in [0.717, 1.165) is 0 Å². The van der Waals surface area contributed by atoms with Crippen molar-refractivity contribution in [2.75, 3.05) is 0 Å². The summed E-state index contributed by atoms with van der Waals surface area (Å²) in [7, 11) is 0. The van der Waals surface area contributed by atoms with Crippen LogP contribution in [0.2, 0.25) is 20.6 Å². The van der Waals surface area contributed by atoms with Crippen LogP contribution >= 0.6 is 0 Å². The predicted octanol–water partition coefficient (Wildman–Crippen LogP) is 4.49. The van der Waals surface area contributed by atoms with Crippen LogP contribution in [0.15, 0.2) is 21.5 Å². The van der Waals surface area contributed by atoms with Gasteiger partial charge in [0, 0.05) is 0 Å². The molecule has 1 heteroatoms. The van der Waals surface area contributed by atoms with Crippen LogP contribution < -0.4 is 0 Å². The SMILES string of the molecule is CCC1=[C]([Ta]([CH3])([CH3])([CH3])[CH3])CC=C1. The molecular formula is C11H21Ta. The van der Waals surface area contributed by atoms with Gasteiger partial charge >= 0.3 is 77.7 Å². The van der Waals surface area contributed by atoms with Crippen LogP contribution in [0.3, 0.4) is 0 Å². The van der Waals surface area contributed by atoms with Crippen molar-refractivity contribution in [1.29, 1.82) is 0 Å². The van der Waals surface area contributed by atoms with Crippen LogP contribution in [0.25, 0.3) is 0 Å². The van der Waals surface area contributed by atoms with E-state index in [1.807, 2.05) is 3.79 Å². The molecule has 0 nitrogen and oxygen atoms in total. The summed E-state index contributed by atoms with van der Waals surface area (Å²) in [6, 6.07) is 0. The summed E-state index contributed by atoms with van der Waals surface area (Å²) in [6.45, 7) is 2.27. The molecule has 0 fully saturated rings. The van der Waals surface area contributed by atoms with Crippen molar-refractivity contribution in [2.24, 2.45) is 0 Å². The standard InChI is InChI=1S/C7H9.4CH3.Ta/c1-2-7-5-3-4-6-7;;;;;/h3,5H,2,4H2,1H3;4*1H3;. The van der Waals surface area contributed by atoms with E-state index in [0.29, 0.717) is 0 Å². The maximum atomic E-state index is 2.53. The van der Waals surface area contributed by atoms with Crippen LogP contribution in [-0.2, 0) is 15.8 Å². The number of rotatable bonds is 2. The normalized spacial score (nSPS) is 21.2. The van der Waals surface area contributed by atoms with Crippen LogP contribution in [-0.4, -0.2) is 0 Å². The van der Waals surface area contributed by atoms with E-state index in [9.17, 15) is 0 Å². The van der Waals surface area contributed by atoms with Crippen LogP contribution in [0.4, 0.5) is 0 Å². The van der Waals surface area contributed by atoms with Gasteiger partial charge in [0.2, 0.25) is 0 Å². The molecule has 0 saturated carbocycles. The average molecular weight is 334 g/mol. The number of hydrogen-bond donors (Lipinski definition) is 0. The molecule has 0 aromatic carbocycles. The summed E-state index contributed by atoms with van der Waals surface area (Å²) in [6.07, 6.45) is 7.14. The molecule has 1 aliphatic carbocycles. The third-order valence-corrected chi connectivity index (χ3v) is 11.9. The summed E-state index contributed by atoms with van der Waals surface area (Å²) in [4.78, 5) is 0. The van der Waals surface area contributed by atoms with E-state index in [2.05, 4.69) is 39.6 Å². The third kappa shape index (κ3) is 2.13. The third-order valence-electron chi connectivity index (χ3n) is 2.46. The predicted molar refractivity (Wildman–Crippen MR) is 54.5 cm³/mol. The molecule has 0 atom stereocenters. The van der Waals surface area contributed by atoms with E-state index in [4.69, 9.17) is 0 Å². The summed E-state index contributed by atoms with van der Waals surface area (Å²) < 4.78 is 1.82. The first-order chi connectivity index (χ1) is 5.31. The molecule has 0 unspecified atom stereocenters. The zero-order valence-corrected chi connectivity index (χ0v) is 12.2. The second-order valence-corrected chi connectivity index (χ2v) is 33.2. The van der Waals surface area contributed by atoms with Crippen molar-refractivity contribution < 1.29 is 15.8 Å². The van der Waals surface area contributed by atoms with Crippen molar-refractivity contribution in [1.82, 2.24) is 0 Å². The topological polar surface area (TPSA) is 0 Å². The Balaban J connectivity index is 3.06. The summed E-state index contributed by atoms with van der Waals surface area (Å²) in [5.41, 5.74) is 1.64. The Kier molecular flexibility index (Phi) is 2.46. The number of allylic oxidation sites excluding steroid dienone is 4. The van der Waals surface area contributed by atoms with Gasteiger partial charge in [0.25, 0.3) is 0 Å². The maximum absolute atomic E-state index is 2.53. The molecule has 0 heterocycles. The van der Waals surface area contributed by atoms with Crippen molar-refractivity contribution in [3.8, 4) is 0 Å². The Hall–Kier alpha value is 0.220. The van der Waals surface area contributed by atoms with Crippen molar-refractivity contribution in [3.05, 3.63) is 21.5 Å². The molecule has 0 bridgehead atoms. The van der Waals surface area contributed by atoms with E-state index < -0.39 is 15.8 Å². The molecule has 0 radical (unpaired) electrons. The van der Waals surface area contributed by atoms with Gasteiger partial charge < -0.3 is 0 Å². The van der Waals surface area contributed by atoms with Crippen LogP contribution in [0.1, 0.15) is 19.8 Å². The summed E-state index contributed by atoms with van der Waals surface area (Å²) in [5, 5.41) is 10.1. The Morgan fingerprint density at radius 2 is 1.83 bits per heavy atom. The van der Waals surface area contributed by atoms with E-state index >= 15 is 0 Å². The average Bonchev–Trinajstić information content (AvgIpc) is 2.29. The molecule has 0 N–H and O–H groups in total. The van der Waals surface area contributed by atoms with Crippen LogP contribution in [0.5, 0.6) is 0 Å². The van der Waals surface area contributed by atoms with Gasteiger partial charge in [-0.3, -0.25) is 0 Å². The summed E-state index contributed by atoms with van der Waals surface area (Å²) >= 11 is -2.35. The van der Waals surface area contributed by atoms with Gasteiger partial charge in [-0.25, -0.2) is 0 Å². The first kappa shape index (κ1) is 10.3. The summed E-state index contributed by atoms with van der Waals surface area (Å²) in [5.74, 6) is 0. The second-order valence-electron chi connectivity index (χ2n) is 5.51. The Labute approximate surface area is 77.7 Å². The minimum atomic E-state index is -2.35. The fourth-order valence-electron chi connectivity index (χ4n) is 1.80. The number of hydrogen-bond acceptors (Lipinski definition) is 0. The van der Waals surface area contributed by atoms with E-state index in [-0.39, 0.29) is 0 Å². The first-order valence-corrected chi connectivity index (χ1v) is 19.2. The van der Waals surface area contributed by atoms with Crippen molar-refractivity contribution >= 4 is 0 Å². The van der Waals surface area contributed by atoms with Gasteiger partial charge in [-0.1, -0.05) is 0 Å². The second kappa shape index (κ2) is 2.87. The molecule has 0 aliphatic heterocycles. The quantitative estimate of drug-likeness (QED) is 0.698. The van der Waals surface area contributed by atoms with Gasteiger partial charge in [-0.15, -0.1) is 0 Å². The first-order valence-electron chi connectivity index (χ1n) is 4.71. The van der Waals surface area contributed by atoms with Gasteiger partial charge in [0.1, 0.15) is 0 Å². The fourth-order valence-corrected chi connectivity index (χ4v) is 9.77. The Morgan fingerprint density at radius 3 is 2.17 bits per heavy atom. The Morgan fingerprint density at radius 1 is 1.25 bits per heavy atom. The molecule has 0 amide bonds. The molecule has 1 rings (SSSR count). The van der Waals surface area contributed by atoms with Gasteiger partial charge in [0.15, 0.2) is 0 Å². The minimum absolute atomic E-state index is 1.22. The molecule has 12 heavy (non-hydrogen) atoms. The fraction of sp³-hybridized carbons (Fsp3) is 0.636. The van der Waals surface area contributed by atoms with Gasteiger partial charge in [-0.2, -0.15) is 0 Å².